The average molecular weight is 525 g/mol. The van der Waals surface area contributed by atoms with Crippen LogP contribution in [0.3, 0.4) is 0 Å². The van der Waals surface area contributed by atoms with E-state index in [0.717, 1.165) is 6.07 Å². The molecular weight excluding hydrogens is 509 g/mol. The largest absolute Gasteiger partial charge is 0.457 e. The molecule has 12 heteroatoms. The molecule has 3 aromatic rings. The maximum absolute atomic E-state index is 13.0. The summed E-state index contributed by atoms with van der Waals surface area (Å²) in [4.78, 5) is 32.5. The second-order valence-corrected chi connectivity index (χ2v) is 7.27. The van der Waals surface area contributed by atoms with Crippen LogP contribution in [0.1, 0.15) is 16.1 Å². The molecule has 3 rings (SSSR count). The monoisotopic (exact) mass is 524 g/mol. The fraction of sp³-hybridized carbons (Fsp3) is 0.0952. The molecule has 0 spiro atoms. The zero-order valence-corrected chi connectivity index (χ0v) is 18.5. The number of nitrogens with one attached hydrogen (secondary N) is 3. The molecule has 0 atom stereocenters. The fourth-order valence-electron chi connectivity index (χ4n) is 2.63. The number of hydrogen-bond acceptors (Lipinski definition) is 5. The number of nitrogens with zero attached hydrogens (tertiary/aromatic N) is 1. The molecule has 0 aliphatic carbocycles. The van der Waals surface area contributed by atoms with Gasteiger partial charge in [-0.25, -0.2) is 10.3 Å². The van der Waals surface area contributed by atoms with Gasteiger partial charge in [-0.2, -0.15) is 13.2 Å². The van der Waals surface area contributed by atoms with Gasteiger partial charge in [-0.1, -0.05) is 22.0 Å². The fourth-order valence-corrected chi connectivity index (χ4v) is 3.10. The molecule has 8 nitrogen and oxygen atoms in total. The van der Waals surface area contributed by atoms with Crippen LogP contribution in [0.2, 0.25) is 0 Å². The lowest BCUT2D eigenvalue weighted by Gasteiger charge is -2.13. The van der Waals surface area contributed by atoms with Crippen molar-refractivity contribution in [3.05, 3.63) is 76.5 Å². The highest BCUT2D eigenvalue weighted by Gasteiger charge is 2.33. The number of anilines is 2. The van der Waals surface area contributed by atoms with Crippen LogP contribution < -0.4 is 20.9 Å². The first kappa shape index (κ1) is 24.0. The van der Waals surface area contributed by atoms with Crippen molar-refractivity contribution < 1.29 is 32.3 Å². The van der Waals surface area contributed by atoms with Gasteiger partial charge in [0.2, 0.25) is 0 Å². The van der Waals surface area contributed by atoms with Crippen molar-refractivity contribution in [3.8, 4) is 11.5 Å². The molecule has 2 aromatic carbocycles. The number of benzene rings is 2. The number of urea groups is 1. The lowest BCUT2D eigenvalue weighted by Crippen LogP contribution is -2.22. The number of carbonyl (C=O) groups excluding carboxylic acids is 2. The third-order valence-electron chi connectivity index (χ3n) is 4.02. The van der Waals surface area contributed by atoms with Gasteiger partial charge >= 0.3 is 12.2 Å². The van der Waals surface area contributed by atoms with Crippen LogP contribution in [0.5, 0.6) is 11.5 Å². The van der Waals surface area contributed by atoms with Crippen molar-refractivity contribution in [2.24, 2.45) is 0 Å². The third kappa shape index (κ3) is 6.67. The van der Waals surface area contributed by atoms with Crippen LogP contribution in [0, 0.1) is 0 Å². The molecule has 0 radical (unpaired) electrons. The third-order valence-corrected chi connectivity index (χ3v) is 4.71. The van der Waals surface area contributed by atoms with Gasteiger partial charge in [-0.05, 0) is 36.4 Å². The van der Waals surface area contributed by atoms with Crippen LogP contribution in [0.15, 0.2) is 65.3 Å². The van der Waals surface area contributed by atoms with Crippen LogP contribution in [0.4, 0.5) is 29.3 Å². The van der Waals surface area contributed by atoms with Crippen molar-refractivity contribution in [2.75, 3.05) is 17.7 Å². The smallest absolute Gasteiger partial charge is 0.417 e. The molecule has 33 heavy (non-hydrogen) atoms. The SMILES string of the molecule is CONC(=O)c1cc(Oc2cccc(NC(=O)Nc3ccc(Br)c(C(F)(F)F)c3)c2)ccn1. The molecule has 172 valence electrons. The number of alkyl halides is 3. The first-order chi connectivity index (χ1) is 15.7. The van der Waals surface area contributed by atoms with E-state index in [2.05, 4.69) is 41.9 Å². The van der Waals surface area contributed by atoms with Gasteiger partial charge in [0.15, 0.2) is 0 Å². The van der Waals surface area contributed by atoms with Crippen molar-refractivity contribution in [3.63, 3.8) is 0 Å². The molecule has 0 saturated carbocycles. The predicted octanol–water partition coefficient (Wildman–Crippen LogP) is 5.59. The minimum Gasteiger partial charge on any atom is -0.457 e. The van der Waals surface area contributed by atoms with Gasteiger partial charge in [-0.15, -0.1) is 0 Å². The number of carbonyl (C=O) groups is 2. The Morgan fingerprint density at radius 2 is 1.67 bits per heavy atom. The number of amides is 3. The molecule has 0 unspecified atom stereocenters. The lowest BCUT2D eigenvalue weighted by atomic mass is 10.2. The van der Waals surface area contributed by atoms with Crippen molar-refractivity contribution in [1.29, 1.82) is 0 Å². The molecule has 0 fully saturated rings. The summed E-state index contributed by atoms with van der Waals surface area (Å²) in [7, 11) is 1.29. The van der Waals surface area contributed by atoms with Gasteiger partial charge < -0.3 is 15.4 Å². The van der Waals surface area contributed by atoms with E-state index in [1.165, 1.54) is 43.6 Å². The number of hydroxylamine groups is 1. The molecule has 0 aliphatic rings. The van der Waals surface area contributed by atoms with Gasteiger partial charge in [0, 0.05) is 34.2 Å². The Morgan fingerprint density at radius 1 is 0.970 bits per heavy atom. The predicted molar refractivity (Wildman–Crippen MR) is 117 cm³/mol. The number of pyridine rings is 1. The Hall–Kier alpha value is -3.64. The summed E-state index contributed by atoms with van der Waals surface area (Å²) in [5, 5.41) is 4.87. The summed E-state index contributed by atoms with van der Waals surface area (Å²) >= 11 is 2.85. The van der Waals surface area contributed by atoms with Crippen molar-refractivity contribution in [1.82, 2.24) is 10.5 Å². The minimum atomic E-state index is -4.57. The van der Waals surface area contributed by atoms with Gasteiger partial charge in [0.25, 0.3) is 5.91 Å². The summed E-state index contributed by atoms with van der Waals surface area (Å²) in [6.07, 6.45) is -3.20. The van der Waals surface area contributed by atoms with Gasteiger partial charge in [0.1, 0.15) is 17.2 Å². The molecule has 3 N–H and O–H groups in total. The Bertz CT molecular complexity index is 1170. The maximum atomic E-state index is 13.0. The Labute approximate surface area is 194 Å². The molecule has 0 aliphatic heterocycles. The van der Waals surface area contributed by atoms with Gasteiger partial charge in [-0.3, -0.25) is 14.6 Å². The summed E-state index contributed by atoms with van der Waals surface area (Å²) < 4.78 is 44.7. The molecule has 0 saturated heterocycles. The van der Waals surface area contributed by atoms with Crippen LogP contribution in [-0.2, 0) is 11.0 Å². The van der Waals surface area contributed by atoms with Crippen molar-refractivity contribution >= 4 is 39.2 Å². The number of ether oxygens (including phenoxy) is 1. The standard InChI is InChI=1S/C21H16BrF3N4O4/c1-32-29-19(30)18-11-15(7-8-26-18)33-14-4-2-3-12(9-14)27-20(31)28-13-5-6-17(22)16(10-13)21(23,24)25/h2-11H,1H3,(H,29,30)(H2,27,28,31). The maximum Gasteiger partial charge on any atom is 0.417 e. The first-order valence-corrected chi connectivity index (χ1v) is 9.97. The summed E-state index contributed by atoms with van der Waals surface area (Å²) in [6, 6.07) is 11.8. The lowest BCUT2D eigenvalue weighted by molar-refractivity contribution is -0.138. The summed E-state index contributed by atoms with van der Waals surface area (Å²) in [5.41, 5.74) is 1.59. The van der Waals surface area contributed by atoms with E-state index >= 15 is 0 Å². The number of hydrogen-bond donors (Lipinski definition) is 3. The van der Waals surface area contributed by atoms with Crippen LogP contribution in [-0.4, -0.2) is 24.0 Å². The van der Waals surface area contributed by atoms with E-state index in [4.69, 9.17) is 4.74 Å². The van der Waals surface area contributed by atoms with E-state index in [1.807, 2.05) is 0 Å². The molecular formula is C21H16BrF3N4O4. The Morgan fingerprint density at radius 3 is 2.36 bits per heavy atom. The molecule has 3 amide bonds. The van der Waals surface area contributed by atoms with Crippen LogP contribution >= 0.6 is 15.9 Å². The second kappa shape index (κ2) is 10.3. The van der Waals surface area contributed by atoms with E-state index in [1.54, 1.807) is 18.2 Å². The summed E-state index contributed by atoms with van der Waals surface area (Å²) in [5.74, 6) is 0.0826. The van der Waals surface area contributed by atoms with Gasteiger partial charge in [0.05, 0.1) is 12.7 Å². The Balaban J connectivity index is 1.68. The molecule has 1 aromatic heterocycles. The van der Waals surface area contributed by atoms with Crippen molar-refractivity contribution in [2.45, 2.75) is 6.18 Å². The normalized spacial score (nSPS) is 10.9. The Kier molecular flexibility index (Phi) is 7.51. The first-order valence-electron chi connectivity index (χ1n) is 9.18. The van der Waals surface area contributed by atoms with Crippen LogP contribution in [0.25, 0.3) is 0 Å². The number of rotatable bonds is 6. The second-order valence-electron chi connectivity index (χ2n) is 6.41. The van der Waals surface area contributed by atoms with E-state index in [9.17, 15) is 22.8 Å². The highest BCUT2D eigenvalue weighted by atomic mass is 79.9. The van der Waals surface area contributed by atoms with E-state index in [0.29, 0.717) is 17.2 Å². The number of aromatic nitrogens is 1. The molecule has 0 bridgehead atoms. The summed E-state index contributed by atoms with van der Waals surface area (Å²) in [6.45, 7) is 0. The topological polar surface area (TPSA) is 102 Å². The zero-order chi connectivity index (χ0) is 24.0. The minimum absolute atomic E-state index is 0.0333. The van der Waals surface area contributed by atoms with E-state index in [-0.39, 0.29) is 15.9 Å². The molecule has 1 heterocycles. The highest BCUT2D eigenvalue weighted by molar-refractivity contribution is 9.10. The van der Waals surface area contributed by atoms with E-state index < -0.39 is 23.7 Å². The highest BCUT2D eigenvalue weighted by Crippen LogP contribution is 2.36. The number of halogens is 4. The quantitative estimate of drug-likeness (QED) is 0.365. The zero-order valence-electron chi connectivity index (χ0n) is 16.9. The average Bonchev–Trinajstić information content (AvgIpc) is 2.75.